The van der Waals surface area contributed by atoms with Crippen LogP contribution in [-0.4, -0.2) is 37.6 Å². The molecule has 160 valence electrons. The summed E-state index contributed by atoms with van der Waals surface area (Å²) in [4.78, 5) is 27.5. The number of carbonyl (C=O) groups excluding carboxylic acids is 2. The Kier molecular flexibility index (Phi) is 7.33. The quantitative estimate of drug-likeness (QED) is 0.720. The first-order chi connectivity index (χ1) is 14.5. The van der Waals surface area contributed by atoms with Crippen LogP contribution in [0, 0.1) is 0 Å². The number of hydrogen-bond acceptors (Lipinski definition) is 4. The van der Waals surface area contributed by atoms with E-state index in [2.05, 4.69) is 5.32 Å². The summed E-state index contributed by atoms with van der Waals surface area (Å²) < 4.78 is 11.2. The molecule has 0 aliphatic carbocycles. The predicted octanol–water partition coefficient (Wildman–Crippen LogP) is 3.73. The van der Waals surface area contributed by atoms with Crippen LogP contribution < -0.4 is 19.7 Å². The zero-order valence-corrected chi connectivity index (χ0v) is 17.9. The normalized spacial score (nSPS) is 15.3. The number of amides is 2. The summed E-state index contributed by atoms with van der Waals surface area (Å²) in [5, 5.41) is 3.03. The van der Waals surface area contributed by atoms with Crippen LogP contribution in [0.15, 0.2) is 48.5 Å². The number of nitrogens with one attached hydrogen (secondary N) is 1. The van der Waals surface area contributed by atoms with Crippen molar-refractivity contribution in [1.82, 2.24) is 5.32 Å². The van der Waals surface area contributed by atoms with Crippen LogP contribution >= 0.6 is 0 Å². The highest BCUT2D eigenvalue weighted by Gasteiger charge is 2.34. The fourth-order valence-corrected chi connectivity index (χ4v) is 3.61. The van der Waals surface area contributed by atoms with Gasteiger partial charge in [-0.25, -0.2) is 0 Å². The molecule has 0 saturated carbocycles. The molecular formula is C24H30N2O4. The van der Waals surface area contributed by atoms with Gasteiger partial charge in [0.05, 0.1) is 19.3 Å². The second-order valence-electron chi connectivity index (χ2n) is 7.45. The number of hydrogen-bond donors (Lipinski definition) is 1. The first-order valence-electron chi connectivity index (χ1n) is 10.5. The van der Waals surface area contributed by atoms with Crippen molar-refractivity contribution in [2.75, 3.05) is 18.6 Å². The van der Waals surface area contributed by atoms with Gasteiger partial charge in [0.25, 0.3) is 5.91 Å². The summed E-state index contributed by atoms with van der Waals surface area (Å²) in [7, 11) is 1.63. The lowest BCUT2D eigenvalue weighted by Crippen LogP contribution is -2.52. The maximum absolute atomic E-state index is 13.1. The van der Waals surface area contributed by atoms with Crippen molar-refractivity contribution >= 4 is 17.5 Å². The molecule has 0 radical (unpaired) electrons. The lowest BCUT2D eigenvalue weighted by atomic mass is 10.1. The van der Waals surface area contributed by atoms with Gasteiger partial charge in [-0.3, -0.25) is 9.59 Å². The third kappa shape index (κ3) is 5.12. The molecule has 0 spiro atoms. The van der Waals surface area contributed by atoms with Gasteiger partial charge in [0.2, 0.25) is 5.91 Å². The fourth-order valence-electron chi connectivity index (χ4n) is 3.61. The highest BCUT2D eigenvalue weighted by molar-refractivity contribution is 5.97. The summed E-state index contributed by atoms with van der Waals surface area (Å²) in [5.41, 5.74) is 1.74. The summed E-state index contributed by atoms with van der Waals surface area (Å²) in [6.07, 6.45) is 1.92. The van der Waals surface area contributed by atoms with Crippen molar-refractivity contribution < 1.29 is 19.1 Å². The molecule has 1 aliphatic rings. The van der Waals surface area contributed by atoms with Crippen molar-refractivity contribution in [3.05, 3.63) is 54.1 Å². The van der Waals surface area contributed by atoms with E-state index < -0.39 is 6.10 Å². The maximum atomic E-state index is 13.1. The number of rotatable bonds is 8. The topological polar surface area (TPSA) is 67.9 Å². The van der Waals surface area contributed by atoms with E-state index in [9.17, 15) is 9.59 Å². The second-order valence-corrected chi connectivity index (χ2v) is 7.45. The summed E-state index contributed by atoms with van der Waals surface area (Å²) in [6, 6.07) is 15.2. The minimum atomic E-state index is -0.721. The highest BCUT2D eigenvalue weighted by atomic mass is 16.5. The number of aryl methyl sites for hydroxylation is 1. The van der Waals surface area contributed by atoms with E-state index in [-0.39, 0.29) is 24.4 Å². The van der Waals surface area contributed by atoms with Gasteiger partial charge in [-0.05, 0) is 49.1 Å². The number of anilines is 1. The van der Waals surface area contributed by atoms with E-state index >= 15 is 0 Å². The van der Waals surface area contributed by atoms with Crippen molar-refractivity contribution in [3.63, 3.8) is 0 Å². The fraction of sp³-hybridized carbons (Fsp3) is 0.417. The Labute approximate surface area is 178 Å². The van der Waals surface area contributed by atoms with Crippen molar-refractivity contribution in [2.24, 2.45) is 0 Å². The molecule has 0 saturated heterocycles. The standard InChI is InChI=1S/C24H30N2O4/c1-4-18(5-2)25-24(28)22-16-26(20-11-6-7-12-21(20)30-22)23(27)14-13-17-9-8-10-19(15-17)29-3/h6-12,15,18,22H,4-5,13-14,16H2,1-3H3,(H,25,28). The Morgan fingerprint density at radius 2 is 1.93 bits per heavy atom. The molecule has 1 unspecified atom stereocenters. The largest absolute Gasteiger partial charge is 0.497 e. The molecule has 6 heteroatoms. The molecular weight excluding hydrogens is 380 g/mol. The van der Waals surface area contributed by atoms with Gasteiger partial charge in [-0.2, -0.15) is 0 Å². The van der Waals surface area contributed by atoms with E-state index in [0.29, 0.717) is 24.3 Å². The molecule has 0 bridgehead atoms. The average molecular weight is 411 g/mol. The molecule has 1 aliphatic heterocycles. The summed E-state index contributed by atoms with van der Waals surface area (Å²) in [5.74, 6) is 1.12. The van der Waals surface area contributed by atoms with E-state index in [0.717, 1.165) is 24.2 Å². The smallest absolute Gasteiger partial charge is 0.263 e. The van der Waals surface area contributed by atoms with Crippen LogP contribution in [0.25, 0.3) is 0 Å². The molecule has 0 fully saturated rings. The molecule has 1 N–H and O–H groups in total. The molecule has 2 aromatic carbocycles. The monoisotopic (exact) mass is 410 g/mol. The van der Waals surface area contributed by atoms with Gasteiger partial charge in [0.15, 0.2) is 6.10 Å². The van der Waals surface area contributed by atoms with Gasteiger partial charge in [0.1, 0.15) is 11.5 Å². The molecule has 30 heavy (non-hydrogen) atoms. The molecule has 0 aromatic heterocycles. The predicted molar refractivity (Wildman–Crippen MR) is 117 cm³/mol. The minimum absolute atomic E-state index is 0.0334. The zero-order valence-electron chi connectivity index (χ0n) is 17.9. The number of benzene rings is 2. The van der Waals surface area contributed by atoms with E-state index in [1.54, 1.807) is 18.1 Å². The molecule has 2 amide bonds. The number of nitrogens with zero attached hydrogens (tertiary/aromatic N) is 1. The van der Waals surface area contributed by atoms with Crippen molar-refractivity contribution in [1.29, 1.82) is 0 Å². The van der Waals surface area contributed by atoms with Crippen LogP contribution in [0.2, 0.25) is 0 Å². The molecule has 1 heterocycles. The van der Waals surface area contributed by atoms with E-state index in [1.165, 1.54) is 0 Å². The van der Waals surface area contributed by atoms with Crippen LogP contribution in [0.1, 0.15) is 38.7 Å². The van der Waals surface area contributed by atoms with Crippen LogP contribution in [0.5, 0.6) is 11.5 Å². The van der Waals surface area contributed by atoms with Gasteiger partial charge in [-0.15, -0.1) is 0 Å². The van der Waals surface area contributed by atoms with Gasteiger partial charge in [0, 0.05) is 12.5 Å². The molecule has 6 nitrogen and oxygen atoms in total. The molecule has 3 rings (SSSR count). The van der Waals surface area contributed by atoms with Crippen LogP contribution in [0.4, 0.5) is 5.69 Å². The number of fused-ring (bicyclic) bond motifs is 1. The zero-order chi connectivity index (χ0) is 21.5. The highest BCUT2D eigenvalue weighted by Crippen LogP contribution is 2.33. The average Bonchev–Trinajstić information content (AvgIpc) is 2.80. The van der Waals surface area contributed by atoms with Crippen molar-refractivity contribution in [3.8, 4) is 11.5 Å². The number of ether oxygens (including phenoxy) is 2. The van der Waals surface area contributed by atoms with E-state index in [4.69, 9.17) is 9.47 Å². The summed E-state index contributed by atoms with van der Waals surface area (Å²) in [6.45, 7) is 4.29. The molecule has 1 atom stereocenters. The first kappa shape index (κ1) is 21.7. The Hall–Kier alpha value is -3.02. The first-order valence-corrected chi connectivity index (χ1v) is 10.5. The SMILES string of the molecule is CCC(CC)NC(=O)C1CN(C(=O)CCc2cccc(OC)c2)c2ccccc2O1. The van der Waals surface area contributed by atoms with Gasteiger partial charge in [-0.1, -0.05) is 38.1 Å². The molecule has 2 aromatic rings. The summed E-state index contributed by atoms with van der Waals surface area (Å²) >= 11 is 0. The lowest BCUT2D eigenvalue weighted by molar-refractivity contribution is -0.129. The Bertz CT molecular complexity index is 879. The van der Waals surface area contributed by atoms with Crippen molar-refractivity contribution in [2.45, 2.75) is 51.7 Å². The second kappa shape index (κ2) is 10.1. The minimum Gasteiger partial charge on any atom is -0.497 e. The Balaban J connectivity index is 1.73. The third-order valence-corrected chi connectivity index (χ3v) is 5.46. The van der Waals surface area contributed by atoms with Gasteiger partial charge < -0.3 is 19.7 Å². The maximum Gasteiger partial charge on any atom is 0.263 e. The number of methoxy groups -OCH3 is 1. The van der Waals surface area contributed by atoms with E-state index in [1.807, 2.05) is 56.3 Å². The van der Waals surface area contributed by atoms with Crippen LogP contribution in [-0.2, 0) is 16.0 Å². The lowest BCUT2D eigenvalue weighted by Gasteiger charge is -2.34. The number of para-hydroxylation sites is 2. The Morgan fingerprint density at radius 3 is 2.67 bits per heavy atom. The number of carbonyl (C=O) groups is 2. The van der Waals surface area contributed by atoms with Crippen LogP contribution in [0.3, 0.4) is 0 Å². The van der Waals surface area contributed by atoms with Gasteiger partial charge >= 0.3 is 0 Å². The third-order valence-electron chi connectivity index (χ3n) is 5.46. The Morgan fingerprint density at radius 1 is 1.17 bits per heavy atom.